The van der Waals surface area contributed by atoms with Crippen LogP contribution in [0.4, 0.5) is 0 Å². The first kappa shape index (κ1) is 16.7. The van der Waals surface area contributed by atoms with E-state index in [0.717, 1.165) is 42.9 Å². The van der Waals surface area contributed by atoms with E-state index in [2.05, 4.69) is 52.3 Å². The average Bonchev–Trinajstić information content (AvgIpc) is 2.47. The molecule has 2 rings (SSSR count). The third-order valence-corrected chi connectivity index (χ3v) is 4.50. The van der Waals surface area contributed by atoms with Crippen molar-refractivity contribution in [1.29, 1.82) is 0 Å². The van der Waals surface area contributed by atoms with Gasteiger partial charge in [0.25, 0.3) is 0 Å². The van der Waals surface area contributed by atoms with Gasteiger partial charge in [-0.25, -0.2) is 0 Å². The molecule has 1 saturated heterocycles. The number of morpholine rings is 1. The normalized spacial score (nSPS) is 21.2. The van der Waals surface area contributed by atoms with E-state index in [4.69, 9.17) is 9.47 Å². The highest BCUT2D eigenvalue weighted by Gasteiger charge is 2.26. The third-order valence-electron chi connectivity index (χ3n) is 3.88. The number of hydrogen-bond donors (Lipinski definition) is 1. The highest BCUT2D eigenvalue weighted by molar-refractivity contribution is 9.10. The van der Waals surface area contributed by atoms with Gasteiger partial charge in [0.15, 0.2) is 0 Å². The largest absolute Gasteiger partial charge is 0.496 e. The molecule has 0 bridgehead atoms. The maximum atomic E-state index is 5.97. The van der Waals surface area contributed by atoms with Crippen molar-refractivity contribution in [2.45, 2.75) is 25.5 Å². The Bertz CT molecular complexity index is 456. The van der Waals surface area contributed by atoms with Crippen LogP contribution in [0.5, 0.6) is 5.75 Å². The number of likely N-dealkylation sites (N-methyl/N-ethyl adjacent to an activating group) is 2. The van der Waals surface area contributed by atoms with Gasteiger partial charge in [0.1, 0.15) is 5.75 Å². The molecule has 2 atom stereocenters. The van der Waals surface area contributed by atoms with Gasteiger partial charge in [-0.1, -0.05) is 13.0 Å². The highest BCUT2D eigenvalue weighted by atomic mass is 79.9. The van der Waals surface area contributed by atoms with Crippen LogP contribution in [-0.4, -0.2) is 57.4 Å². The third kappa shape index (κ3) is 4.68. The Morgan fingerprint density at radius 1 is 1.52 bits per heavy atom. The van der Waals surface area contributed by atoms with Crippen LogP contribution < -0.4 is 10.1 Å². The van der Waals surface area contributed by atoms with Gasteiger partial charge in [-0.3, -0.25) is 0 Å². The lowest BCUT2D eigenvalue weighted by atomic mass is 10.00. The van der Waals surface area contributed by atoms with Crippen LogP contribution >= 0.6 is 15.9 Å². The molecule has 0 aromatic heterocycles. The van der Waals surface area contributed by atoms with Crippen molar-refractivity contribution >= 4 is 15.9 Å². The number of rotatable bonds is 6. The Balaban J connectivity index is 2.06. The molecule has 4 nitrogen and oxygen atoms in total. The molecule has 1 heterocycles. The fraction of sp³-hybridized carbons (Fsp3) is 0.625. The fourth-order valence-corrected chi connectivity index (χ4v) is 3.33. The number of nitrogens with one attached hydrogen (secondary N) is 1. The second kappa shape index (κ2) is 8.13. The minimum absolute atomic E-state index is 0.240. The summed E-state index contributed by atoms with van der Waals surface area (Å²) < 4.78 is 12.3. The minimum atomic E-state index is 0.240. The monoisotopic (exact) mass is 356 g/mol. The van der Waals surface area contributed by atoms with E-state index in [-0.39, 0.29) is 6.10 Å². The van der Waals surface area contributed by atoms with Crippen molar-refractivity contribution < 1.29 is 9.47 Å². The summed E-state index contributed by atoms with van der Waals surface area (Å²) in [6.45, 7) is 5.91. The van der Waals surface area contributed by atoms with Crippen molar-refractivity contribution in [3.8, 4) is 5.75 Å². The van der Waals surface area contributed by atoms with Crippen LogP contribution in [0.15, 0.2) is 22.7 Å². The highest BCUT2D eigenvalue weighted by Crippen LogP contribution is 2.26. The zero-order valence-electron chi connectivity index (χ0n) is 13.1. The Labute approximate surface area is 135 Å². The Hall–Kier alpha value is -0.620. The van der Waals surface area contributed by atoms with Crippen molar-refractivity contribution in [1.82, 2.24) is 10.2 Å². The Morgan fingerprint density at radius 3 is 2.95 bits per heavy atom. The number of halogens is 1. The molecule has 2 unspecified atom stereocenters. The topological polar surface area (TPSA) is 33.7 Å². The maximum absolute atomic E-state index is 5.97. The quantitative estimate of drug-likeness (QED) is 0.847. The van der Waals surface area contributed by atoms with Crippen molar-refractivity contribution in [3.05, 3.63) is 28.2 Å². The zero-order valence-corrected chi connectivity index (χ0v) is 14.6. The standard InChI is InChI=1S/C16H25BrN2O2/c1-4-18-14(16-11-19(2)7-8-21-16)10-12-5-6-15(20-3)13(17)9-12/h5-6,9,14,16,18H,4,7-8,10-11H2,1-3H3. The van der Waals surface area contributed by atoms with Gasteiger partial charge in [0.05, 0.1) is 24.3 Å². The molecule has 0 spiro atoms. The molecule has 1 aromatic rings. The predicted molar refractivity (Wildman–Crippen MR) is 89.1 cm³/mol. The first-order valence-electron chi connectivity index (χ1n) is 7.50. The lowest BCUT2D eigenvalue weighted by molar-refractivity contribution is -0.0381. The lowest BCUT2D eigenvalue weighted by Gasteiger charge is -2.35. The summed E-state index contributed by atoms with van der Waals surface area (Å²) in [7, 11) is 3.84. The fourth-order valence-electron chi connectivity index (χ4n) is 2.74. The van der Waals surface area contributed by atoms with E-state index < -0.39 is 0 Å². The summed E-state index contributed by atoms with van der Waals surface area (Å²) in [4.78, 5) is 2.34. The Morgan fingerprint density at radius 2 is 2.33 bits per heavy atom. The van der Waals surface area contributed by atoms with Crippen LogP contribution in [-0.2, 0) is 11.2 Å². The molecule has 118 valence electrons. The van der Waals surface area contributed by atoms with E-state index in [1.807, 2.05) is 6.07 Å². The summed E-state index contributed by atoms with van der Waals surface area (Å²) in [5, 5.41) is 3.57. The van der Waals surface area contributed by atoms with Crippen LogP contribution in [0.1, 0.15) is 12.5 Å². The van der Waals surface area contributed by atoms with Crippen molar-refractivity contribution in [2.75, 3.05) is 40.4 Å². The summed E-state index contributed by atoms with van der Waals surface area (Å²) in [5.74, 6) is 0.868. The lowest BCUT2D eigenvalue weighted by Crippen LogP contribution is -2.52. The first-order chi connectivity index (χ1) is 10.1. The maximum Gasteiger partial charge on any atom is 0.133 e. The number of nitrogens with zero attached hydrogens (tertiary/aromatic N) is 1. The van der Waals surface area contributed by atoms with Gasteiger partial charge in [0, 0.05) is 19.1 Å². The molecule has 1 aliphatic rings. The second-order valence-electron chi connectivity index (χ2n) is 5.51. The molecule has 21 heavy (non-hydrogen) atoms. The van der Waals surface area contributed by atoms with Crippen LogP contribution in [0.2, 0.25) is 0 Å². The SMILES string of the molecule is CCNC(Cc1ccc(OC)c(Br)c1)C1CN(C)CCO1. The van der Waals surface area contributed by atoms with E-state index in [0.29, 0.717) is 6.04 Å². The van der Waals surface area contributed by atoms with Crippen LogP contribution in [0.25, 0.3) is 0 Å². The van der Waals surface area contributed by atoms with Crippen LogP contribution in [0, 0.1) is 0 Å². The number of benzene rings is 1. The van der Waals surface area contributed by atoms with E-state index in [1.54, 1.807) is 7.11 Å². The Kier molecular flexibility index (Phi) is 6.48. The summed E-state index contributed by atoms with van der Waals surface area (Å²) in [6.07, 6.45) is 1.19. The van der Waals surface area contributed by atoms with Crippen molar-refractivity contribution in [3.63, 3.8) is 0 Å². The van der Waals surface area contributed by atoms with Crippen molar-refractivity contribution in [2.24, 2.45) is 0 Å². The number of methoxy groups -OCH3 is 1. The first-order valence-corrected chi connectivity index (χ1v) is 8.29. The van der Waals surface area contributed by atoms with Gasteiger partial charge < -0.3 is 19.7 Å². The molecule has 5 heteroatoms. The number of hydrogen-bond acceptors (Lipinski definition) is 4. The summed E-state index contributed by atoms with van der Waals surface area (Å²) >= 11 is 3.56. The van der Waals surface area contributed by atoms with E-state index in [1.165, 1.54) is 5.56 Å². The molecule has 0 radical (unpaired) electrons. The van der Waals surface area contributed by atoms with Crippen LogP contribution in [0.3, 0.4) is 0 Å². The molecule has 0 saturated carbocycles. The minimum Gasteiger partial charge on any atom is -0.496 e. The molecule has 0 aliphatic carbocycles. The van der Waals surface area contributed by atoms with Gasteiger partial charge in [-0.05, 0) is 53.6 Å². The summed E-state index contributed by atoms with van der Waals surface area (Å²) in [5.41, 5.74) is 1.28. The predicted octanol–water partition coefficient (Wildman–Crippen LogP) is 2.31. The molecular weight excluding hydrogens is 332 g/mol. The number of ether oxygens (including phenoxy) is 2. The average molecular weight is 357 g/mol. The van der Waals surface area contributed by atoms with Gasteiger partial charge in [-0.15, -0.1) is 0 Å². The molecular formula is C16H25BrN2O2. The van der Waals surface area contributed by atoms with Gasteiger partial charge in [-0.2, -0.15) is 0 Å². The van der Waals surface area contributed by atoms with E-state index in [9.17, 15) is 0 Å². The molecule has 1 aromatic carbocycles. The van der Waals surface area contributed by atoms with Gasteiger partial charge >= 0.3 is 0 Å². The summed E-state index contributed by atoms with van der Waals surface area (Å²) in [6, 6.07) is 6.60. The second-order valence-corrected chi connectivity index (χ2v) is 6.36. The molecule has 1 N–H and O–H groups in total. The zero-order chi connectivity index (χ0) is 15.2. The van der Waals surface area contributed by atoms with Gasteiger partial charge in [0.2, 0.25) is 0 Å². The molecule has 1 fully saturated rings. The molecule has 0 amide bonds. The molecule has 1 aliphatic heterocycles. The van der Waals surface area contributed by atoms with E-state index >= 15 is 0 Å². The smallest absolute Gasteiger partial charge is 0.133 e.